The largest absolute Gasteiger partial charge is 0.637 e. The highest BCUT2D eigenvalue weighted by Crippen LogP contribution is 2.28. The first kappa shape index (κ1) is 31.7. The fourth-order valence-electron chi connectivity index (χ4n) is 2.81. The number of hydrogen-bond acceptors (Lipinski definition) is 7. The molecule has 0 saturated carbocycles. The third-order valence-corrected chi connectivity index (χ3v) is 34.2. The van der Waals surface area contributed by atoms with Crippen molar-refractivity contribution in [3.63, 3.8) is 0 Å². The molecule has 0 saturated heterocycles. The lowest BCUT2D eigenvalue weighted by molar-refractivity contribution is 0.138. The highest BCUT2D eigenvalue weighted by molar-refractivity contribution is 7.27. The molecule has 0 unspecified atom stereocenters. The summed E-state index contributed by atoms with van der Waals surface area (Å²) in [5.41, 5.74) is 0. The van der Waals surface area contributed by atoms with Gasteiger partial charge in [-0.2, -0.15) is 0 Å². The van der Waals surface area contributed by atoms with Crippen LogP contribution < -0.4 is 0 Å². The van der Waals surface area contributed by atoms with Crippen molar-refractivity contribution in [2.75, 3.05) is 0 Å². The monoisotopic (exact) mass is 580 g/mol. The maximum atomic E-state index is 6.89. The standard InChI is InChI=1S/C14H48O7Si9/c1-22(2)15-29(16-23(3)4,17-24(5)6)20-28(13,14)21-30(27(11)12,18-25(7)8)19-26(9)10/h22-27H,1-14H3. The summed E-state index contributed by atoms with van der Waals surface area (Å²) in [5.74, 6) is 0. The molecule has 0 rings (SSSR count). The summed E-state index contributed by atoms with van der Waals surface area (Å²) in [6, 6.07) is 0. The lowest BCUT2D eigenvalue weighted by atomic mass is 11.9. The van der Waals surface area contributed by atoms with Gasteiger partial charge in [0.1, 0.15) is 8.31 Å². The molecule has 0 aromatic heterocycles. The predicted octanol–water partition coefficient (Wildman–Crippen LogP) is 2.66. The quantitative estimate of drug-likeness (QED) is 0.276. The molecular formula is C14H48O7Si9. The second kappa shape index (κ2) is 13.5. The van der Waals surface area contributed by atoms with E-state index in [2.05, 4.69) is 91.7 Å². The Bertz CT molecular complexity index is 456. The molecular weight excluding hydrogens is 533 g/mol. The SMILES string of the molecule is C[SiH](C)O[Si](O[SiH](C)C)(O[SiH](C)C)O[Si](C)(C)O[Si](O[SiH](C)C)(O[SiH](C)C)[SiH](C)C. The molecule has 30 heavy (non-hydrogen) atoms. The van der Waals surface area contributed by atoms with Crippen LogP contribution in [0.1, 0.15) is 0 Å². The molecule has 0 aliphatic rings. The molecule has 0 aliphatic carbocycles. The normalized spacial score (nSPS) is 14.4. The van der Waals surface area contributed by atoms with E-state index in [-0.39, 0.29) is 0 Å². The van der Waals surface area contributed by atoms with Crippen molar-refractivity contribution >= 4 is 79.4 Å². The van der Waals surface area contributed by atoms with Gasteiger partial charge < -0.3 is 28.8 Å². The van der Waals surface area contributed by atoms with E-state index in [4.69, 9.17) is 28.8 Å². The van der Waals surface area contributed by atoms with Gasteiger partial charge in [-0.15, -0.1) is 0 Å². The molecule has 0 aromatic carbocycles. The summed E-state index contributed by atoms with van der Waals surface area (Å²) >= 11 is 0. The zero-order chi connectivity index (χ0) is 23.9. The number of rotatable bonds is 15. The lowest BCUT2D eigenvalue weighted by Crippen LogP contribution is -2.68. The van der Waals surface area contributed by atoms with Crippen LogP contribution in [0.15, 0.2) is 0 Å². The van der Waals surface area contributed by atoms with Gasteiger partial charge in [0, 0.05) is 0 Å². The van der Waals surface area contributed by atoms with Gasteiger partial charge in [0.15, 0.2) is 45.2 Å². The number of hydrogen-bond donors (Lipinski definition) is 0. The van der Waals surface area contributed by atoms with E-state index >= 15 is 0 Å². The molecule has 0 N–H and O–H groups in total. The second-order valence-electron chi connectivity index (χ2n) is 9.70. The van der Waals surface area contributed by atoms with E-state index in [0.29, 0.717) is 0 Å². The first-order valence-corrected chi connectivity index (χ1v) is 35.4. The van der Waals surface area contributed by atoms with Crippen LogP contribution in [0.2, 0.25) is 91.7 Å². The van der Waals surface area contributed by atoms with Crippen molar-refractivity contribution in [2.45, 2.75) is 91.7 Å². The van der Waals surface area contributed by atoms with E-state index in [1.807, 2.05) is 0 Å². The Hall–Kier alpha value is 1.67. The van der Waals surface area contributed by atoms with Crippen LogP contribution in [-0.2, 0) is 28.8 Å². The topological polar surface area (TPSA) is 64.6 Å². The molecule has 0 spiro atoms. The minimum atomic E-state index is -3.26. The Morgan fingerprint density at radius 2 is 0.733 bits per heavy atom. The molecule has 0 amide bonds. The van der Waals surface area contributed by atoms with Gasteiger partial charge in [-0.3, -0.25) is 0 Å². The van der Waals surface area contributed by atoms with Gasteiger partial charge in [-0.25, -0.2) is 0 Å². The van der Waals surface area contributed by atoms with Crippen molar-refractivity contribution < 1.29 is 28.8 Å². The van der Waals surface area contributed by atoms with Crippen LogP contribution in [0, 0.1) is 0 Å². The average Bonchev–Trinajstić information content (AvgIpc) is 2.40. The summed E-state index contributed by atoms with van der Waals surface area (Å²) in [6.07, 6.45) is 0. The van der Waals surface area contributed by atoms with Gasteiger partial charge in [-0.1, -0.05) is 13.1 Å². The fourth-order valence-corrected chi connectivity index (χ4v) is 44.3. The van der Waals surface area contributed by atoms with Gasteiger partial charge in [-0.05, 0) is 78.6 Å². The van der Waals surface area contributed by atoms with Crippen molar-refractivity contribution in [2.24, 2.45) is 0 Å². The van der Waals surface area contributed by atoms with Crippen LogP contribution in [0.4, 0.5) is 0 Å². The van der Waals surface area contributed by atoms with Crippen molar-refractivity contribution in [3.05, 3.63) is 0 Å². The summed E-state index contributed by atoms with van der Waals surface area (Å²) in [6.45, 7) is 30.3. The maximum absolute atomic E-state index is 6.89. The Morgan fingerprint density at radius 3 is 0.967 bits per heavy atom. The van der Waals surface area contributed by atoms with Gasteiger partial charge in [0.2, 0.25) is 0 Å². The van der Waals surface area contributed by atoms with Crippen molar-refractivity contribution in [1.29, 1.82) is 0 Å². The summed E-state index contributed by atoms with van der Waals surface area (Å²) in [5, 5.41) is 0. The molecule has 0 atom stereocenters. The summed E-state index contributed by atoms with van der Waals surface area (Å²) < 4.78 is 46.1. The Morgan fingerprint density at radius 1 is 0.433 bits per heavy atom. The van der Waals surface area contributed by atoms with E-state index in [9.17, 15) is 0 Å². The third-order valence-electron chi connectivity index (χ3n) is 3.41. The van der Waals surface area contributed by atoms with E-state index in [1.165, 1.54) is 0 Å². The summed E-state index contributed by atoms with van der Waals surface area (Å²) in [7, 11) is -17.2. The predicted molar refractivity (Wildman–Crippen MR) is 150 cm³/mol. The zero-order valence-electron chi connectivity index (χ0n) is 21.8. The third kappa shape index (κ3) is 12.2. The molecule has 0 fully saturated rings. The highest BCUT2D eigenvalue weighted by atomic mass is 29.3. The van der Waals surface area contributed by atoms with Gasteiger partial charge in [0.05, 0.1) is 0 Å². The lowest BCUT2D eigenvalue weighted by Gasteiger charge is -2.44. The van der Waals surface area contributed by atoms with Gasteiger partial charge in [0.25, 0.3) is 0 Å². The average molecular weight is 581 g/mol. The van der Waals surface area contributed by atoms with Crippen molar-refractivity contribution in [3.8, 4) is 0 Å². The van der Waals surface area contributed by atoms with Crippen LogP contribution in [0.25, 0.3) is 0 Å². The van der Waals surface area contributed by atoms with Gasteiger partial charge >= 0.3 is 25.9 Å². The molecule has 16 heteroatoms. The second-order valence-corrected chi connectivity index (χ2v) is 39.4. The smallest absolute Gasteiger partial charge is 0.423 e. The zero-order valence-corrected chi connectivity index (χ0v) is 31.8. The molecule has 0 heterocycles. The Labute approximate surface area is 199 Å². The minimum absolute atomic E-state index is 1.35. The van der Waals surface area contributed by atoms with E-state index < -0.39 is 79.4 Å². The van der Waals surface area contributed by atoms with Crippen molar-refractivity contribution in [1.82, 2.24) is 0 Å². The highest BCUT2D eigenvalue weighted by Gasteiger charge is 2.57. The molecule has 0 aliphatic heterocycles. The first-order valence-electron chi connectivity index (χ1n) is 11.2. The minimum Gasteiger partial charge on any atom is -0.423 e. The van der Waals surface area contributed by atoms with Crippen LogP contribution in [-0.4, -0.2) is 79.4 Å². The van der Waals surface area contributed by atoms with Crippen LogP contribution in [0.3, 0.4) is 0 Å². The van der Waals surface area contributed by atoms with Crippen LogP contribution >= 0.6 is 0 Å². The first-order chi connectivity index (χ1) is 13.4. The molecule has 0 bridgehead atoms. The Kier molecular flexibility index (Phi) is 14.3. The molecule has 7 nitrogen and oxygen atoms in total. The van der Waals surface area contributed by atoms with Crippen LogP contribution in [0.5, 0.6) is 0 Å². The van der Waals surface area contributed by atoms with E-state index in [0.717, 1.165) is 0 Å². The maximum Gasteiger partial charge on any atom is 0.637 e. The Balaban J connectivity index is 6.07. The molecule has 0 radical (unpaired) electrons. The summed E-state index contributed by atoms with van der Waals surface area (Å²) in [4.78, 5) is 0. The van der Waals surface area contributed by atoms with E-state index in [1.54, 1.807) is 0 Å². The molecule has 0 aromatic rings. The molecule has 182 valence electrons. The fraction of sp³-hybridized carbons (Fsp3) is 1.00.